The predicted octanol–water partition coefficient (Wildman–Crippen LogP) is 2.87. The summed E-state index contributed by atoms with van der Waals surface area (Å²) in [6, 6.07) is 6.83. The molecule has 1 radical (unpaired) electrons. The fourth-order valence-corrected chi connectivity index (χ4v) is 1.65. The van der Waals surface area contributed by atoms with E-state index in [1.165, 1.54) is 12.8 Å². The largest absolute Gasteiger partial charge is 0.249 e. The number of aromatic nitrogens is 3. The number of pyridine rings is 1. The van der Waals surface area contributed by atoms with E-state index in [-0.39, 0.29) is 0 Å². The van der Waals surface area contributed by atoms with Crippen molar-refractivity contribution in [3.05, 3.63) is 41.3 Å². The number of nitrogens with zero attached hydrogens (tertiary/aromatic N) is 3. The molecule has 3 rings (SSSR count). The third-order valence-corrected chi connectivity index (χ3v) is 2.74. The molecule has 0 spiro atoms. The molecule has 2 heterocycles. The van der Waals surface area contributed by atoms with E-state index < -0.39 is 0 Å². The van der Waals surface area contributed by atoms with Crippen molar-refractivity contribution in [3.63, 3.8) is 0 Å². The van der Waals surface area contributed by atoms with Gasteiger partial charge in [-0.1, -0.05) is 11.6 Å². The SMILES string of the molecule is Clc1cnc(-c2c[c]cc(C3CC3)n2)nc1. The molecular weight excluding hydrogens is 222 g/mol. The van der Waals surface area contributed by atoms with Gasteiger partial charge in [0.25, 0.3) is 0 Å². The molecule has 79 valence electrons. The predicted molar refractivity (Wildman–Crippen MR) is 61.1 cm³/mol. The standard InChI is InChI=1S/C12H9ClN3/c13-9-6-14-12(15-7-9)11-3-1-2-10(16-11)8-4-5-8/h2-3,6-8H,4-5H2. The molecule has 0 aliphatic heterocycles. The van der Waals surface area contributed by atoms with Gasteiger partial charge in [-0.2, -0.15) is 0 Å². The van der Waals surface area contributed by atoms with Crippen molar-refractivity contribution in [3.8, 4) is 11.5 Å². The Morgan fingerprint density at radius 3 is 2.62 bits per heavy atom. The van der Waals surface area contributed by atoms with E-state index in [4.69, 9.17) is 11.6 Å². The Kier molecular flexibility index (Phi) is 2.33. The Labute approximate surface area is 98.5 Å². The quantitative estimate of drug-likeness (QED) is 0.796. The van der Waals surface area contributed by atoms with Crippen molar-refractivity contribution in [2.75, 3.05) is 0 Å². The number of hydrogen-bond donors (Lipinski definition) is 0. The lowest BCUT2D eigenvalue weighted by Crippen LogP contribution is -1.94. The summed E-state index contributed by atoms with van der Waals surface area (Å²) in [6.07, 6.45) is 5.61. The molecule has 4 heteroatoms. The Hall–Kier alpha value is -1.48. The molecule has 0 atom stereocenters. The van der Waals surface area contributed by atoms with Crippen LogP contribution in [0.5, 0.6) is 0 Å². The lowest BCUT2D eigenvalue weighted by atomic mass is 10.2. The summed E-state index contributed by atoms with van der Waals surface area (Å²) in [5.74, 6) is 1.21. The average molecular weight is 231 g/mol. The van der Waals surface area contributed by atoms with Crippen molar-refractivity contribution in [2.45, 2.75) is 18.8 Å². The maximum absolute atomic E-state index is 5.74. The van der Waals surface area contributed by atoms with Crippen molar-refractivity contribution < 1.29 is 0 Å². The molecule has 2 aromatic rings. The molecule has 3 nitrogen and oxygen atoms in total. The van der Waals surface area contributed by atoms with Gasteiger partial charge in [-0.3, -0.25) is 0 Å². The number of hydrogen-bond acceptors (Lipinski definition) is 3. The van der Waals surface area contributed by atoms with E-state index in [9.17, 15) is 0 Å². The molecule has 1 saturated carbocycles. The molecule has 0 amide bonds. The Morgan fingerprint density at radius 2 is 1.94 bits per heavy atom. The molecule has 1 fully saturated rings. The summed E-state index contributed by atoms with van der Waals surface area (Å²) in [5, 5.41) is 0.533. The first-order chi connectivity index (χ1) is 7.83. The lowest BCUT2D eigenvalue weighted by molar-refractivity contribution is 1.01. The average Bonchev–Trinajstić information content (AvgIpc) is 3.14. The molecule has 0 unspecified atom stereocenters. The van der Waals surface area contributed by atoms with Gasteiger partial charge in [0.1, 0.15) is 5.69 Å². The van der Waals surface area contributed by atoms with Gasteiger partial charge in [0.2, 0.25) is 0 Å². The van der Waals surface area contributed by atoms with Gasteiger partial charge in [-0.05, 0) is 31.0 Å². The Bertz CT molecular complexity index is 506. The maximum atomic E-state index is 5.74. The van der Waals surface area contributed by atoms with E-state index in [0.29, 0.717) is 16.8 Å². The second-order valence-corrected chi connectivity index (χ2v) is 4.31. The van der Waals surface area contributed by atoms with E-state index in [1.54, 1.807) is 18.5 Å². The summed E-state index contributed by atoms with van der Waals surface area (Å²) in [7, 11) is 0. The van der Waals surface area contributed by atoms with Crippen molar-refractivity contribution in [2.24, 2.45) is 0 Å². The number of rotatable bonds is 2. The minimum Gasteiger partial charge on any atom is -0.249 e. The van der Waals surface area contributed by atoms with Crippen molar-refractivity contribution >= 4 is 11.6 Å². The first kappa shape index (κ1) is 9.73. The van der Waals surface area contributed by atoms with Crippen molar-refractivity contribution in [1.29, 1.82) is 0 Å². The van der Waals surface area contributed by atoms with Crippen molar-refractivity contribution in [1.82, 2.24) is 15.0 Å². The summed E-state index contributed by atoms with van der Waals surface area (Å²) in [4.78, 5) is 12.8. The zero-order chi connectivity index (χ0) is 11.0. The van der Waals surface area contributed by atoms with E-state index >= 15 is 0 Å². The van der Waals surface area contributed by atoms with Crippen LogP contribution >= 0.6 is 11.6 Å². The maximum Gasteiger partial charge on any atom is 0.178 e. The molecule has 2 aromatic heterocycles. The highest BCUT2D eigenvalue weighted by Crippen LogP contribution is 2.39. The number of halogens is 1. The molecule has 1 aliphatic carbocycles. The third kappa shape index (κ3) is 1.91. The van der Waals surface area contributed by atoms with Gasteiger partial charge in [0.15, 0.2) is 5.82 Å². The molecule has 0 N–H and O–H groups in total. The molecule has 0 bridgehead atoms. The highest BCUT2D eigenvalue weighted by atomic mass is 35.5. The van der Waals surface area contributed by atoms with Gasteiger partial charge in [-0.25, -0.2) is 15.0 Å². The minimum atomic E-state index is 0.533. The monoisotopic (exact) mass is 230 g/mol. The van der Waals surface area contributed by atoms with Crippen LogP contribution in [0.4, 0.5) is 0 Å². The van der Waals surface area contributed by atoms with Crippen LogP contribution in [0.15, 0.2) is 24.5 Å². The summed E-state index contributed by atoms with van der Waals surface area (Å²) >= 11 is 5.74. The molecule has 0 saturated heterocycles. The van der Waals surface area contributed by atoms with Crippen LogP contribution < -0.4 is 0 Å². The van der Waals surface area contributed by atoms with E-state index in [0.717, 1.165) is 11.4 Å². The van der Waals surface area contributed by atoms with Crippen LogP contribution in [0.2, 0.25) is 5.02 Å². The third-order valence-electron chi connectivity index (χ3n) is 2.55. The molecule has 1 aliphatic rings. The summed E-state index contributed by atoms with van der Waals surface area (Å²) in [6.45, 7) is 0. The normalized spacial score (nSPS) is 15.1. The van der Waals surface area contributed by atoms with Gasteiger partial charge in [0.05, 0.1) is 5.02 Å². The van der Waals surface area contributed by atoms with Crippen LogP contribution in [0.3, 0.4) is 0 Å². The van der Waals surface area contributed by atoms with Crippen LogP contribution in [0.25, 0.3) is 11.5 Å². The zero-order valence-electron chi connectivity index (χ0n) is 8.52. The summed E-state index contributed by atoms with van der Waals surface area (Å²) < 4.78 is 0. The van der Waals surface area contributed by atoms with Crippen LogP contribution in [0.1, 0.15) is 24.5 Å². The Morgan fingerprint density at radius 1 is 1.19 bits per heavy atom. The topological polar surface area (TPSA) is 38.7 Å². The first-order valence-corrected chi connectivity index (χ1v) is 5.56. The second-order valence-electron chi connectivity index (χ2n) is 3.88. The molecule has 16 heavy (non-hydrogen) atoms. The minimum absolute atomic E-state index is 0.533. The second kappa shape index (κ2) is 3.83. The fourth-order valence-electron chi connectivity index (χ4n) is 1.56. The zero-order valence-corrected chi connectivity index (χ0v) is 9.28. The lowest BCUT2D eigenvalue weighted by Gasteiger charge is -2.01. The smallest absolute Gasteiger partial charge is 0.178 e. The first-order valence-electron chi connectivity index (χ1n) is 5.19. The molecule has 0 aromatic carbocycles. The van der Waals surface area contributed by atoms with E-state index in [1.807, 2.05) is 6.07 Å². The fraction of sp³-hybridized carbons (Fsp3) is 0.250. The van der Waals surface area contributed by atoms with Crippen LogP contribution in [-0.4, -0.2) is 15.0 Å². The Balaban J connectivity index is 1.98. The van der Waals surface area contributed by atoms with Crippen LogP contribution in [0, 0.1) is 6.07 Å². The van der Waals surface area contributed by atoms with Gasteiger partial charge >= 0.3 is 0 Å². The van der Waals surface area contributed by atoms with Gasteiger partial charge < -0.3 is 0 Å². The highest BCUT2D eigenvalue weighted by Gasteiger charge is 2.25. The summed E-state index contributed by atoms with van der Waals surface area (Å²) in [5.41, 5.74) is 1.86. The van der Waals surface area contributed by atoms with Crippen LogP contribution in [-0.2, 0) is 0 Å². The molecular formula is C12H9ClN3. The van der Waals surface area contributed by atoms with E-state index in [2.05, 4.69) is 21.0 Å². The van der Waals surface area contributed by atoms with Gasteiger partial charge in [0, 0.05) is 24.0 Å². The highest BCUT2D eigenvalue weighted by molar-refractivity contribution is 6.30. The van der Waals surface area contributed by atoms with Gasteiger partial charge in [-0.15, -0.1) is 0 Å².